The number of fused-ring (bicyclic) bond motifs is 1. The SMILES string of the molecule is Cc1n[nH]c(C)c1CCOc1ccc2ccccc2c1. The molecular weight excluding hydrogens is 248 g/mol. The first-order valence-electron chi connectivity index (χ1n) is 6.86. The summed E-state index contributed by atoms with van der Waals surface area (Å²) >= 11 is 0. The van der Waals surface area contributed by atoms with Crippen LogP contribution in [0.15, 0.2) is 42.5 Å². The molecule has 3 rings (SSSR count). The van der Waals surface area contributed by atoms with E-state index in [1.165, 1.54) is 16.3 Å². The van der Waals surface area contributed by atoms with Crippen LogP contribution < -0.4 is 4.74 Å². The van der Waals surface area contributed by atoms with Crippen LogP contribution in [-0.2, 0) is 6.42 Å². The molecule has 0 saturated heterocycles. The average Bonchev–Trinajstić information content (AvgIpc) is 2.79. The number of benzene rings is 2. The Morgan fingerprint density at radius 2 is 1.85 bits per heavy atom. The Hall–Kier alpha value is -2.29. The van der Waals surface area contributed by atoms with Crippen LogP contribution in [-0.4, -0.2) is 16.8 Å². The summed E-state index contributed by atoms with van der Waals surface area (Å²) in [6, 6.07) is 14.5. The van der Waals surface area contributed by atoms with Gasteiger partial charge in [0.05, 0.1) is 12.3 Å². The van der Waals surface area contributed by atoms with Gasteiger partial charge in [-0.05, 0) is 42.3 Å². The van der Waals surface area contributed by atoms with Crippen molar-refractivity contribution < 1.29 is 4.74 Å². The summed E-state index contributed by atoms with van der Waals surface area (Å²) in [6.45, 7) is 4.74. The van der Waals surface area contributed by atoms with E-state index in [1.54, 1.807) is 0 Å². The number of aromatic nitrogens is 2. The van der Waals surface area contributed by atoms with Gasteiger partial charge in [-0.1, -0.05) is 30.3 Å². The van der Waals surface area contributed by atoms with Crippen LogP contribution in [0, 0.1) is 13.8 Å². The molecule has 1 aromatic heterocycles. The number of H-pyrrole nitrogens is 1. The first kappa shape index (κ1) is 12.7. The first-order valence-corrected chi connectivity index (χ1v) is 6.86. The van der Waals surface area contributed by atoms with Gasteiger partial charge in [0.25, 0.3) is 0 Å². The number of rotatable bonds is 4. The van der Waals surface area contributed by atoms with Gasteiger partial charge in [0, 0.05) is 12.1 Å². The number of nitrogens with zero attached hydrogens (tertiary/aromatic N) is 1. The molecule has 0 amide bonds. The Morgan fingerprint density at radius 1 is 1.05 bits per heavy atom. The van der Waals surface area contributed by atoms with Crippen LogP contribution >= 0.6 is 0 Å². The monoisotopic (exact) mass is 266 g/mol. The molecule has 0 fully saturated rings. The zero-order chi connectivity index (χ0) is 13.9. The van der Waals surface area contributed by atoms with Crippen LogP contribution in [0.3, 0.4) is 0 Å². The topological polar surface area (TPSA) is 37.9 Å². The predicted molar refractivity (Wildman–Crippen MR) is 81.2 cm³/mol. The second kappa shape index (κ2) is 5.37. The predicted octanol–water partition coefficient (Wildman–Crippen LogP) is 3.80. The van der Waals surface area contributed by atoms with Gasteiger partial charge in [-0.3, -0.25) is 5.10 Å². The van der Waals surface area contributed by atoms with E-state index in [1.807, 2.05) is 32.0 Å². The van der Waals surface area contributed by atoms with Crippen molar-refractivity contribution in [3.63, 3.8) is 0 Å². The third-order valence-electron chi connectivity index (χ3n) is 3.62. The molecule has 0 bridgehead atoms. The molecule has 0 atom stereocenters. The van der Waals surface area contributed by atoms with Crippen molar-refractivity contribution in [3.8, 4) is 5.75 Å². The molecule has 3 heteroatoms. The van der Waals surface area contributed by atoms with Crippen molar-refractivity contribution in [2.75, 3.05) is 6.61 Å². The summed E-state index contributed by atoms with van der Waals surface area (Å²) in [5.74, 6) is 0.919. The Balaban J connectivity index is 1.68. The lowest BCUT2D eigenvalue weighted by atomic mass is 10.1. The van der Waals surface area contributed by atoms with Gasteiger partial charge in [-0.25, -0.2) is 0 Å². The van der Waals surface area contributed by atoms with Crippen molar-refractivity contribution in [3.05, 3.63) is 59.4 Å². The van der Waals surface area contributed by atoms with Crippen LogP contribution in [0.1, 0.15) is 17.0 Å². The summed E-state index contributed by atoms with van der Waals surface area (Å²) < 4.78 is 5.86. The molecule has 0 unspecified atom stereocenters. The molecule has 0 aliphatic carbocycles. The van der Waals surface area contributed by atoms with Gasteiger partial charge in [0.2, 0.25) is 0 Å². The fourth-order valence-electron chi connectivity index (χ4n) is 2.47. The van der Waals surface area contributed by atoms with Crippen LogP contribution in [0.2, 0.25) is 0 Å². The molecule has 1 N–H and O–H groups in total. The molecule has 0 aliphatic heterocycles. The number of hydrogen-bond acceptors (Lipinski definition) is 2. The zero-order valence-corrected chi connectivity index (χ0v) is 11.8. The normalized spacial score (nSPS) is 10.9. The van der Waals surface area contributed by atoms with Gasteiger partial charge in [0.15, 0.2) is 0 Å². The highest BCUT2D eigenvalue weighted by Gasteiger charge is 2.06. The Bertz CT molecular complexity index is 711. The minimum atomic E-state index is 0.666. The Kier molecular flexibility index (Phi) is 3.42. The van der Waals surface area contributed by atoms with Gasteiger partial charge < -0.3 is 4.74 Å². The van der Waals surface area contributed by atoms with E-state index in [9.17, 15) is 0 Å². The van der Waals surface area contributed by atoms with Crippen molar-refractivity contribution >= 4 is 10.8 Å². The fraction of sp³-hybridized carbons (Fsp3) is 0.235. The average molecular weight is 266 g/mol. The summed E-state index contributed by atoms with van der Waals surface area (Å²) in [7, 11) is 0. The van der Waals surface area contributed by atoms with Crippen molar-refractivity contribution in [2.24, 2.45) is 0 Å². The van der Waals surface area contributed by atoms with E-state index < -0.39 is 0 Å². The van der Waals surface area contributed by atoms with Gasteiger partial charge in [-0.15, -0.1) is 0 Å². The highest BCUT2D eigenvalue weighted by molar-refractivity contribution is 5.83. The lowest BCUT2D eigenvalue weighted by Crippen LogP contribution is -2.02. The van der Waals surface area contributed by atoms with Crippen molar-refractivity contribution in [1.82, 2.24) is 10.2 Å². The largest absolute Gasteiger partial charge is 0.493 e. The highest BCUT2D eigenvalue weighted by atomic mass is 16.5. The van der Waals surface area contributed by atoms with Crippen LogP contribution in [0.5, 0.6) is 5.75 Å². The molecule has 0 radical (unpaired) electrons. The fourth-order valence-corrected chi connectivity index (χ4v) is 2.47. The van der Waals surface area contributed by atoms with Gasteiger partial charge in [-0.2, -0.15) is 5.10 Å². The maximum Gasteiger partial charge on any atom is 0.119 e. The van der Waals surface area contributed by atoms with E-state index in [4.69, 9.17) is 4.74 Å². The quantitative estimate of drug-likeness (QED) is 0.780. The standard InChI is InChI=1S/C17H18N2O/c1-12-17(13(2)19-18-12)9-10-20-16-8-7-14-5-3-4-6-15(14)11-16/h3-8,11H,9-10H2,1-2H3,(H,18,19). The molecule has 20 heavy (non-hydrogen) atoms. The maximum absolute atomic E-state index is 5.86. The van der Waals surface area contributed by atoms with Crippen molar-refractivity contribution in [1.29, 1.82) is 0 Å². The van der Waals surface area contributed by atoms with Crippen LogP contribution in [0.4, 0.5) is 0 Å². The van der Waals surface area contributed by atoms with Gasteiger partial charge in [0.1, 0.15) is 5.75 Å². The van der Waals surface area contributed by atoms with E-state index >= 15 is 0 Å². The van der Waals surface area contributed by atoms with E-state index in [2.05, 4.69) is 34.5 Å². The molecule has 0 aliphatic rings. The summed E-state index contributed by atoms with van der Waals surface area (Å²) in [4.78, 5) is 0. The minimum absolute atomic E-state index is 0.666. The molecule has 0 spiro atoms. The second-order valence-corrected chi connectivity index (χ2v) is 5.02. The third kappa shape index (κ3) is 2.52. The van der Waals surface area contributed by atoms with E-state index in [-0.39, 0.29) is 0 Å². The maximum atomic E-state index is 5.86. The Labute approximate surface area is 118 Å². The van der Waals surface area contributed by atoms with Crippen molar-refractivity contribution in [2.45, 2.75) is 20.3 Å². The zero-order valence-electron chi connectivity index (χ0n) is 11.8. The number of nitrogens with one attached hydrogen (secondary N) is 1. The van der Waals surface area contributed by atoms with Crippen LogP contribution in [0.25, 0.3) is 10.8 Å². The second-order valence-electron chi connectivity index (χ2n) is 5.02. The number of ether oxygens (including phenoxy) is 1. The third-order valence-corrected chi connectivity index (χ3v) is 3.62. The number of hydrogen-bond donors (Lipinski definition) is 1. The Morgan fingerprint density at radius 3 is 2.60 bits per heavy atom. The minimum Gasteiger partial charge on any atom is -0.493 e. The smallest absolute Gasteiger partial charge is 0.119 e. The summed E-state index contributed by atoms with van der Waals surface area (Å²) in [5, 5.41) is 9.65. The van der Waals surface area contributed by atoms with E-state index in [0.717, 1.165) is 23.6 Å². The number of aryl methyl sites for hydroxylation is 2. The van der Waals surface area contributed by atoms with Gasteiger partial charge >= 0.3 is 0 Å². The highest BCUT2D eigenvalue weighted by Crippen LogP contribution is 2.21. The molecule has 3 nitrogen and oxygen atoms in total. The molecular formula is C17H18N2O. The molecule has 0 saturated carbocycles. The molecule has 3 aromatic rings. The lowest BCUT2D eigenvalue weighted by Gasteiger charge is -2.07. The summed E-state index contributed by atoms with van der Waals surface area (Å²) in [5.41, 5.74) is 3.44. The summed E-state index contributed by atoms with van der Waals surface area (Å²) in [6.07, 6.45) is 0.876. The first-order chi connectivity index (χ1) is 9.74. The molecule has 2 aromatic carbocycles. The van der Waals surface area contributed by atoms with E-state index in [0.29, 0.717) is 6.61 Å². The lowest BCUT2D eigenvalue weighted by molar-refractivity contribution is 0.322. The number of aromatic amines is 1. The molecule has 102 valence electrons. The molecule has 1 heterocycles.